The molecule has 0 aliphatic rings. The molecule has 0 saturated carbocycles. The first-order valence-electron chi connectivity index (χ1n) is 7.70. The van der Waals surface area contributed by atoms with Gasteiger partial charge in [-0.3, -0.25) is 4.98 Å². The zero-order valence-electron chi connectivity index (χ0n) is 13.7. The Bertz CT molecular complexity index is 827. The lowest BCUT2D eigenvalue weighted by Crippen LogP contribution is -2.28. The van der Waals surface area contributed by atoms with Gasteiger partial charge in [-0.05, 0) is 38.1 Å². The van der Waals surface area contributed by atoms with Crippen LogP contribution >= 0.6 is 0 Å². The average Bonchev–Trinajstić information content (AvgIpc) is 2.89. The lowest BCUT2D eigenvalue weighted by molar-refractivity contribution is 0.251. The van der Waals surface area contributed by atoms with Gasteiger partial charge in [0.25, 0.3) is 0 Å². The van der Waals surface area contributed by atoms with E-state index in [9.17, 15) is 4.79 Å². The fourth-order valence-electron chi connectivity index (χ4n) is 2.53. The summed E-state index contributed by atoms with van der Waals surface area (Å²) in [4.78, 5) is 16.0. The summed E-state index contributed by atoms with van der Waals surface area (Å²) in [5.41, 5.74) is 4.59. The molecule has 0 atom stereocenters. The molecule has 0 fully saturated rings. The first-order chi connectivity index (χ1) is 11.6. The summed E-state index contributed by atoms with van der Waals surface area (Å²) in [5, 5.41) is 10.2. The van der Waals surface area contributed by atoms with Crippen molar-refractivity contribution in [1.82, 2.24) is 20.1 Å². The number of hydrogen-bond acceptors (Lipinski definition) is 3. The van der Waals surface area contributed by atoms with Gasteiger partial charge >= 0.3 is 6.03 Å². The number of aromatic nitrogens is 3. The Hall–Kier alpha value is -3.15. The molecule has 0 aliphatic heterocycles. The van der Waals surface area contributed by atoms with E-state index in [0.717, 1.165) is 22.6 Å². The smallest absolute Gasteiger partial charge is 0.319 e. The van der Waals surface area contributed by atoms with Gasteiger partial charge in [0.1, 0.15) is 0 Å². The largest absolute Gasteiger partial charge is 0.334 e. The minimum atomic E-state index is -0.269. The molecule has 3 rings (SSSR count). The molecule has 2 heterocycles. The highest BCUT2D eigenvalue weighted by atomic mass is 16.2. The lowest BCUT2D eigenvalue weighted by atomic mass is 10.2. The van der Waals surface area contributed by atoms with Crippen LogP contribution in [0.1, 0.15) is 17.0 Å². The van der Waals surface area contributed by atoms with Gasteiger partial charge in [0.05, 0.1) is 23.3 Å². The molecule has 6 nitrogen and oxygen atoms in total. The van der Waals surface area contributed by atoms with E-state index in [2.05, 4.69) is 20.7 Å². The van der Waals surface area contributed by atoms with Crippen LogP contribution in [0, 0.1) is 13.8 Å². The molecule has 2 N–H and O–H groups in total. The molecule has 122 valence electrons. The van der Waals surface area contributed by atoms with Gasteiger partial charge in [-0.25, -0.2) is 9.48 Å². The molecule has 1 aromatic carbocycles. The van der Waals surface area contributed by atoms with Gasteiger partial charge in [-0.2, -0.15) is 5.10 Å². The third-order valence-electron chi connectivity index (χ3n) is 3.79. The summed E-state index contributed by atoms with van der Waals surface area (Å²) in [6.07, 6.45) is 3.26. The standard InChI is InChI=1S/C18H19N5O/c1-13-17(12-20-18(24)21-15-7-6-10-19-11-15)14(2)23(22-13)16-8-4-3-5-9-16/h3-11H,12H2,1-2H3,(H2,20,21,24). The number of aryl methyl sites for hydroxylation is 1. The first kappa shape index (κ1) is 15.7. The minimum Gasteiger partial charge on any atom is -0.334 e. The van der Waals surface area contributed by atoms with Gasteiger partial charge in [-0.15, -0.1) is 0 Å². The Morgan fingerprint density at radius 2 is 1.92 bits per heavy atom. The van der Waals surface area contributed by atoms with Crippen molar-refractivity contribution in [2.45, 2.75) is 20.4 Å². The maximum Gasteiger partial charge on any atom is 0.319 e. The highest BCUT2D eigenvalue weighted by Crippen LogP contribution is 2.17. The van der Waals surface area contributed by atoms with Crippen LogP contribution in [0.5, 0.6) is 0 Å². The second kappa shape index (κ2) is 6.95. The third kappa shape index (κ3) is 3.43. The van der Waals surface area contributed by atoms with Crippen LogP contribution in [0.4, 0.5) is 10.5 Å². The van der Waals surface area contributed by atoms with Crippen LogP contribution in [0.15, 0.2) is 54.9 Å². The maximum atomic E-state index is 12.0. The number of para-hydroxylation sites is 1. The second-order valence-electron chi connectivity index (χ2n) is 5.45. The molecule has 0 spiro atoms. The average molecular weight is 321 g/mol. The van der Waals surface area contributed by atoms with Crippen molar-refractivity contribution in [2.24, 2.45) is 0 Å². The van der Waals surface area contributed by atoms with E-state index < -0.39 is 0 Å². The highest BCUT2D eigenvalue weighted by molar-refractivity contribution is 5.88. The van der Waals surface area contributed by atoms with E-state index >= 15 is 0 Å². The molecule has 3 aromatic rings. The Balaban J connectivity index is 1.70. The highest BCUT2D eigenvalue weighted by Gasteiger charge is 2.13. The van der Waals surface area contributed by atoms with Crippen LogP contribution in [-0.4, -0.2) is 20.8 Å². The summed E-state index contributed by atoms with van der Waals surface area (Å²) >= 11 is 0. The number of anilines is 1. The molecule has 24 heavy (non-hydrogen) atoms. The van der Waals surface area contributed by atoms with E-state index in [1.165, 1.54) is 0 Å². The SMILES string of the molecule is Cc1nn(-c2ccccc2)c(C)c1CNC(=O)Nc1cccnc1. The molecule has 0 bridgehead atoms. The fourth-order valence-corrected chi connectivity index (χ4v) is 2.53. The van der Waals surface area contributed by atoms with E-state index in [0.29, 0.717) is 12.2 Å². The summed E-state index contributed by atoms with van der Waals surface area (Å²) in [5.74, 6) is 0. The molecule has 0 saturated heterocycles. The van der Waals surface area contributed by atoms with Crippen molar-refractivity contribution in [2.75, 3.05) is 5.32 Å². The predicted octanol–water partition coefficient (Wildman–Crippen LogP) is 3.21. The lowest BCUT2D eigenvalue weighted by Gasteiger charge is -2.08. The third-order valence-corrected chi connectivity index (χ3v) is 3.79. The van der Waals surface area contributed by atoms with Crippen LogP contribution in [0.2, 0.25) is 0 Å². The molecule has 2 aromatic heterocycles. The Morgan fingerprint density at radius 1 is 1.12 bits per heavy atom. The van der Waals surface area contributed by atoms with E-state index in [-0.39, 0.29) is 6.03 Å². The fraction of sp³-hybridized carbons (Fsp3) is 0.167. The molecule has 6 heteroatoms. The molecular weight excluding hydrogens is 302 g/mol. The number of benzene rings is 1. The summed E-state index contributed by atoms with van der Waals surface area (Å²) in [6.45, 7) is 4.36. The van der Waals surface area contributed by atoms with Crippen molar-refractivity contribution in [1.29, 1.82) is 0 Å². The summed E-state index contributed by atoms with van der Waals surface area (Å²) < 4.78 is 1.89. The van der Waals surface area contributed by atoms with Crippen LogP contribution in [-0.2, 0) is 6.54 Å². The Labute approximate surface area is 140 Å². The van der Waals surface area contributed by atoms with Gasteiger partial charge in [0.2, 0.25) is 0 Å². The molecule has 2 amide bonds. The number of urea groups is 1. The van der Waals surface area contributed by atoms with Crippen molar-refractivity contribution in [3.05, 3.63) is 71.8 Å². The second-order valence-corrected chi connectivity index (χ2v) is 5.45. The number of rotatable bonds is 4. The van der Waals surface area contributed by atoms with Crippen molar-refractivity contribution >= 4 is 11.7 Å². The molecule has 0 unspecified atom stereocenters. The monoisotopic (exact) mass is 321 g/mol. The number of nitrogens with zero attached hydrogens (tertiary/aromatic N) is 3. The van der Waals surface area contributed by atoms with Gasteiger partial charge < -0.3 is 10.6 Å². The van der Waals surface area contributed by atoms with Crippen molar-refractivity contribution in [3.8, 4) is 5.69 Å². The van der Waals surface area contributed by atoms with Crippen LogP contribution in [0.3, 0.4) is 0 Å². The number of nitrogens with one attached hydrogen (secondary N) is 2. The quantitative estimate of drug-likeness (QED) is 0.775. The minimum absolute atomic E-state index is 0.269. The number of carbonyl (C=O) groups excluding carboxylic acids is 1. The zero-order chi connectivity index (χ0) is 16.9. The summed E-state index contributed by atoms with van der Waals surface area (Å²) in [7, 11) is 0. The molecule has 0 aliphatic carbocycles. The predicted molar refractivity (Wildman–Crippen MR) is 93.1 cm³/mol. The topological polar surface area (TPSA) is 71.8 Å². The van der Waals surface area contributed by atoms with Crippen molar-refractivity contribution < 1.29 is 4.79 Å². The van der Waals surface area contributed by atoms with Gasteiger partial charge in [0.15, 0.2) is 0 Å². The Kier molecular flexibility index (Phi) is 4.56. The number of amides is 2. The van der Waals surface area contributed by atoms with E-state index in [4.69, 9.17) is 0 Å². The molecular formula is C18H19N5O. The Morgan fingerprint density at radius 3 is 2.62 bits per heavy atom. The number of carbonyl (C=O) groups is 1. The van der Waals surface area contributed by atoms with Crippen LogP contribution in [0.25, 0.3) is 5.69 Å². The zero-order valence-corrected chi connectivity index (χ0v) is 13.7. The van der Waals surface area contributed by atoms with Crippen molar-refractivity contribution in [3.63, 3.8) is 0 Å². The van der Waals surface area contributed by atoms with Gasteiger partial charge in [-0.1, -0.05) is 18.2 Å². The van der Waals surface area contributed by atoms with E-state index in [1.807, 2.05) is 48.9 Å². The number of pyridine rings is 1. The van der Waals surface area contributed by atoms with Gasteiger partial charge in [0, 0.05) is 24.0 Å². The maximum absolute atomic E-state index is 12.0. The summed E-state index contributed by atoms with van der Waals surface area (Å²) in [6, 6.07) is 13.2. The molecule has 0 radical (unpaired) electrons. The normalized spacial score (nSPS) is 10.4. The first-order valence-corrected chi connectivity index (χ1v) is 7.70. The number of hydrogen-bond donors (Lipinski definition) is 2. The van der Waals surface area contributed by atoms with E-state index in [1.54, 1.807) is 24.5 Å². The van der Waals surface area contributed by atoms with Crippen LogP contribution < -0.4 is 10.6 Å².